The van der Waals surface area contributed by atoms with Gasteiger partial charge in [-0.2, -0.15) is 0 Å². The van der Waals surface area contributed by atoms with Crippen molar-refractivity contribution in [2.24, 2.45) is 0 Å². The van der Waals surface area contributed by atoms with Crippen molar-refractivity contribution in [3.63, 3.8) is 0 Å². The number of benzene rings is 1. The van der Waals surface area contributed by atoms with Crippen LogP contribution in [0.1, 0.15) is 266 Å². The average Bonchev–Trinajstić information content (AvgIpc) is 3.24. The summed E-state index contributed by atoms with van der Waals surface area (Å²) in [6.07, 6.45) is 53.3. The molecule has 0 radical (unpaired) electrons. The smallest absolute Gasteiger partial charge is 0.744 e. The molecule has 0 spiro atoms. The van der Waals surface area contributed by atoms with Crippen LogP contribution in [0.2, 0.25) is 0 Å². The summed E-state index contributed by atoms with van der Waals surface area (Å²) in [7, 11) is -5.02. The number of hydrogen-bond acceptors (Lipinski definition) is 7. The van der Waals surface area contributed by atoms with Crippen molar-refractivity contribution < 1.29 is 83.4 Å². The number of allylic oxidation sites excluding steroid dienone is 4. The molecule has 9 heteroatoms. The van der Waals surface area contributed by atoms with E-state index in [2.05, 4.69) is 38.2 Å². The van der Waals surface area contributed by atoms with Gasteiger partial charge in [-0.3, -0.25) is 0 Å². The van der Waals surface area contributed by atoms with E-state index in [4.69, 9.17) is 9.47 Å². The van der Waals surface area contributed by atoms with Crippen molar-refractivity contribution in [1.29, 1.82) is 0 Å². The quantitative estimate of drug-likeness (QED) is 0.0211. The fourth-order valence-electron chi connectivity index (χ4n) is 7.71. The summed E-state index contributed by atoms with van der Waals surface area (Å²) in [6, 6.07) is 3.64. The van der Waals surface area contributed by atoms with Crippen molar-refractivity contribution in [3.8, 4) is 0 Å². The van der Waals surface area contributed by atoms with Gasteiger partial charge in [-0.25, -0.2) is 18.0 Å². The van der Waals surface area contributed by atoms with E-state index in [1.165, 1.54) is 185 Å². The maximum atomic E-state index is 13.1. The standard InChI is InChI=1S/C52H90O7S.K/c1-3-5-7-9-11-13-15-17-19-21-23-25-27-29-31-33-35-37-39-41-46-58-51(53)48-44-43-45-49(60(55,56)57)50(48)52(54)59-47-42-40-38-36-34-32-30-28-26-24-22-20-18-16-14-12-10-8-6-4-2;/h21-24,43-45H,3-20,25-42,46-47H2,1-2H3,(H,55,56,57);/q;+1/p-1/b23-21+,24-22+;. The second kappa shape index (κ2) is 44.4. The molecule has 1 aromatic rings. The van der Waals surface area contributed by atoms with Gasteiger partial charge in [-0.05, 0) is 76.3 Å². The van der Waals surface area contributed by atoms with Crippen LogP contribution in [0, 0.1) is 0 Å². The first kappa shape index (κ1) is 60.2. The van der Waals surface area contributed by atoms with E-state index in [1.807, 2.05) is 0 Å². The van der Waals surface area contributed by atoms with Crippen molar-refractivity contribution in [1.82, 2.24) is 0 Å². The Morgan fingerprint density at radius 2 is 0.754 bits per heavy atom. The molecule has 0 aliphatic heterocycles. The van der Waals surface area contributed by atoms with Crippen LogP contribution in [0.4, 0.5) is 0 Å². The Balaban J connectivity index is 0.0000360. The van der Waals surface area contributed by atoms with Gasteiger partial charge in [0.25, 0.3) is 0 Å². The van der Waals surface area contributed by atoms with Gasteiger partial charge in [-0.15, -0.1) is 0 Å². The zero-order valence-corrected chi connectivity index (χ0v) is 43.6. The van der Waals surface area contributed by atoms with Gasteiger partial charge in [0.15, 0.2) is 0 Å². The fourth-order valence-corrected chi connectivity index (χ4v) is 8.40. The van der Waals surface area contributed by atoms with E-state index >= 15 is 0 Å². The molecule has 7 nitrogen and oxygen atoms in total. The fraction of sp³-hybridized carbons (Fsp3) is 0.769. The van der Waals surface area contributed by atoms with Crippen LogP contribution in [-0.2, 0) is 19.6 Å². The molecule has 1 aromatic carbocycles. The molecule has 0 aliphatic rings. The SMILES string of the molecule is CCCCCCCCCC/C=C/CCCCCCCCCCOC(=O)c1cccc(S(=O)(=O)[O-])c1C(=O)OCCCCCCCCCC/C=C/CCCCCCCCCC.[K+]. The summed E-state index contributed by atoms with van der Waals surface area (Å²) in [5.74, 6) is -1.81. The zero-order valence-electron chi connectivity index (χ0n) is 39.7. The van der Waals surface area contributed by atoms with Gasteiger partial charge in [0.1, 0.15) is 10.1 Å². The Labute approximate surface area is 418 Å². The van der Waals surface area contributed by atoms with Crippen molar-refractivity contribution in [2.75, 3.05) is 13.2 Å². The van der Waals surface area contributed by atoms with Crippen LogP contribution in [0.15, 0.2) is 47.4 Å². The maximum absolute atomic E-state index is 13.1. The van der Waals surface area contributed by atoms with E-state index in [0.29, 0.717) is 12.8 Å². The van der Waals surface area contributed by atoms with Crippen LogP contribution < -0.4 is 51.4 Å². The molecular formula is C52H89KO7S. The molecule has 0 amide bonds. The number of esters is 2. The number of ether oxygens (including phenoxy) is 2. The van der Waals surface area contributed by atoms with Gasteiger partial charge in [0.2, 0.25) is 0 Å². The predicted molar refractivity (Wildman–Crippen MR) is 251 cm³/mol. The van der Waals surface area contributed by atoms with E-state index in [1.54, 1.807) is 0 Å². The molecule has 0 bridgehead atoms. The van der Waals surface area contributed by atoms with Crippen molar-refractivity contribution >= 4 is 22.1 Å². The molecule has 0 N–H and O–H groups in total. The van der Waals surface area contributed by atoms with Gasteiger partial charge in [0.05, 0.1) is 29.2 Å². The molecule has 61 heavy (non-hydrogen) atoms. The Morgan fingerprint density at radius 1 is 0.459 bits per heavy atom. The van der Waals surface area contributed by atoms with Gasteiger partial charge in [0, 0.05) is 0 Å². The molecule has 0 saturated heterocycles. The van der Waals surface area contributed by atoms with Crippen LogP contribution in [-0.4, -0.2) is 38.1 Å². The van der Waals surface area contributed by atoms with Crippen LogP contribution >= 0.6 is 0 Å². The van der Waals surface area contributed by atoms with E-state index in [9.17, 15) is 22.6 Å². The molecule has 0 aliphatic carbocycles. The number of carbonyl (C=O) groups excluding carboxylic acids is 2. The van der Waals surface area contributed by atoms with Crippen LogP contribution in [0.3, 0.4) is 0 Å². The number of rotatable bonds is 43. The average molecular weight is 897 g/mol. The normalized spacial score (nSPS) is 11.7. The molecule has 0 saturated carbocycles. The number of carbonyl (C=O) groups is 2. The maximum Gasteiger partial charge on any atom is 1.00 e. The molecule has 1 rings (SSSR count). The first-order chi connectivity index (χ1) is 29.3. The molecule has 0 fully saturated rings. The van der Waals surface area contributed by atoms with E-state index in [-0.39, 0.29) is 70.2 Å². The summed E-state index contributed by atoms with van der Waals surface area (Å²) >= 11 is 0. The van der Waals surface area contributed by atoms with Crippen molar-refractivity contribution in [2.45, 2.75) is 250 Å². The molecule has 346 valence electrons. The molecule has 0 heterocycles. The third-order valence-corrected chi connectivity index (χ3v) is 12.4. The van der Waals surface area contributed by atoms with E-state index in [0.717, 1.165) is 51.0 Å². The molecular weight excluding hydrogens is 808 g/mol. The summed E-state index contributed by atoms with van der Waals surface area (Å²) in [5.41, 5.74) is -0.779. The number of hydrogen-bond donors (Lipinski definition) is 0. The monoisotopic (exact) mass is 897 g/mol. The topological polar surface area (TPSA) is 110 Å². The number of unbranched alkanes of at least 4 members (excludes halogenated alkanes) is 32. The minimum absolute atomic E-state index is 0. The third kappa shape index (κ3) is 36.1. The second-order valence-corrected chi connectivity index (χ2v) is 18.5. The summed E-state index contributed by atoms with van der Waals surface area (Å²) < 4.78 is 46.9. The summed E-state index contributed by atoms with van der Waals surface area (Å²) in [6.45, 7) is 4.77. The van der Waals surface area contributed by atoms with Gasteiger partial charge < -0.3 is 14.0 Å². The van der Waals surface area contributed by atoms with Crippen LogP contribution in [0.25, 0.3) is 0 Å². The van der Waals surface area contributed by atoms with Crippen molar-refractivity contribution in [3.05, 3.63) is 53.6 Å². The minimum Gasteiger partial charge on any atom is -0.744 e. The first-order valence-electron chi connectivity index (χ1n) is 25.1. The Morgan fingerprint density at radius 3 is 1.08 bits per heavy atom. The summed E-state index contributed by atoms with van der Waals surface area (Å²) in [4.78, 5) is 25.3. The van der Waals surface area contributed by atoms with E-state index < -0.39 is 32.5 Å². The van der Waals surface area contributed by atoms with Gasteiger partial charge >= 0.3 is 63.3 Å². The molecule has 0 atom stereocenters. The zero-order chi connectivity index (χ0) is 43.6. The minimum atomic E-state index is -5.02. The largest absolute Gasteiger partial charge is 1.00 e. The second-order valence-electron chi connectivity index (χ2n) is 17.1. The predicted octanol–water partition coefficient (Wildman–Crippen LogP) is 13.1. The third-order valence-electron chi connectivity index (χ3n) is 11.5. The van der Waals surface area contributed by atoms with Crippen LogP contribution in [0.5, 0.6) is 0 Å². The van der Waals surface area contributed by atoms with Gasteiger partial charge in [-0.1, -0.05) is 211 Å². The Bertz CT molecular complexity index is 1340. The Hall–Kier alpha value is -0.814. The molecule has 0 unspecified atom stereocenters. The summed E-state index contributed by atoms with van der Waals surface area (Å²) in [5, 5.41) is 0. The first-order valence-corrected chi connectivity index (χ1v) is 26.5. The molecule has 0 aromatic heterocycles. The Kier molecular flexibility index (Phi) is 43.8.